The van der Waals surface area contributed by atoms with E-state index >= 15 is 0 Å². The Hall–Kier alpha value is -1.65. The fraction of sp³-hybridized carbons (Fsp3) is 0.545. The number of unbranched alkanes of at least 4 members (excludes halogenated alkanes) is 2. The molecule has 2 aromatic rings. The van der Waals surface area contributed by atoms with Gasteiger partial charge < -0.3 is 5.11 Å². The van der Waals surface area contributed by atoms with Gasteiger partial charge in [-0.3, -0.25) is 0 Å². The topological polar surface area (TPSA) is 63.3 Å². The van der Waals surface area contributed by atoms with Crippen LogP contribution in [0.15, 0.2) is 6.33 Å². The molecule has 0 amide bonds. The number of rotatable bonds is 4. The van der Waals surface area contributed by atoms with E-state index < -0.39 is 0 Å². The van der Waals surface area contributed by atoms with E-state index in [1.807, 2.05) is 6.92 Å². The van der Waals surface area contributed by atoms with Gasteiger partial charge in [-0.2, -0.15) is 14.6 Å². The number of hydrogen-bond donors (Lipinski definition) is 1. The van der Waals surface area contributed by atoms with Crippen molar-refractivity contribution in [1.29, 1.82) is 0 Å². The van der Waals surface area contributed by atoms with Gasteiger partial charge in [0.25, 0.3) is 5.78 Å². The maximum Gasteiger partial charge on any atom is 0.255 e. The Morgan fingerprint density at radius 2 is 2.19 bits per heavy atom. The summed E-state index contributed by atoms with van der Waals surface area (Å²) in [5, 5.41) is 14.0. The lowest BCUT2D eigenvalue weighted by atomic mass is 10.1. The van der Waals surface area contributed by atoms with Gasteiger partial charge in [0.05, 0.1) is 0 Å². The molecule has 0 saturated heterocycles. The third kappa shape index (κ3) is 1.85. The monoisotopic (exact) mass is 220 g/mol. The summed E-state index contributed by atoms with van der Waals surface area (Å²) in [4.78, 5) is 8.26. The molecule has 16 heavy (non-hydrogen) atoms. The van der Waals surface area contributed by atoms with Crippen molar-refractivity contribution in [2.45, 2.75) is 39.5 Å². The molecule has 1 N–H and O–H groups in total. The van der Waals surface area contributed by atoms with E-state index in [0.29, 0.717) is 5.78 Å². The number of hydrogen-bond acceptors (Lipinski definition) is 4. The molecule has 2 rings (SSSR count). The highest BCUT2D eigenvalue weighted by molar-refractivity contribution is 5.39. The summed E-state index contributed by atoms with van der Waals surface area (Å²) in [6, 6.07) is 0. The Kier molecular flexibility index (Phi) is 3.03. The van der Waals surface area contributed by atoms with E-state index in [0.717, 1.165) is 30.5 Å². The Balaban J connectivity index is 2.35. The second kappa shape index (κ2) is 4.47. The molecule has 0 unspecified atom stereocenters. The molecule has 0 aliphatic rings. The predicted octanol–water partition coefficient (Wildman–Crippen LogP) is 1.87. The predicted molar refractivity (Wildman–Crippen MR) is 60.4 cm³/mol. The van der Waals surface area contributed by atoms with Crippen LogP contribution in [0.2, 0.25) is 0 Å². The van der Waals surface area contributed by atoms with Crippen molar-refractivity contribution < 1.29 is 5.11 Å². The van der Waals surface area contributed by atoms with Crippen molar-refractivity contribution in [2.24, 2.45) is 0 Å². The first-order valence-electron chi connectivity index (χ1n) is 5.62. The van der Waals surface area contributed by atoms with Gasteiger partial charge in [-0.05, 0) is 19.8 Å². The van der Waals surface area contributed by atoms with Crippen molar-refractivity contribution in [2.75, 3.05) is 0 Å². The SMILES string of the molecule is CCCCCc1c(C)nc2ncnn2c1O. The molecular formula is C11H16N4O. The van der Waals surface area contributed by atoms with Crippen LogP contribution in [0, 0.1) is 6.92 Å². The van der Waals surface area contributed by atoms with Gasteiger partial charge in [-0.1, -0.05) is 19.8 Å². The highest BCUT2D eigenvalue weighted by atomic mass is 16.3. The standard InChI is InChI=1S/C11H16N4O/c1-3-4-5-6-9-8(2)14-11-12-7-13-15(11)10(9)16/h7,16H,3-6H2,1-2H3. The second-order valence-electron chi connectivity index (χ2n) is 3.93. The highest BCUT2D eigenvalue weighted by Crippen LogP contribution is 2.21. The molecule has 0 saturated carbocycles. The minimum Gasteiger partial charge on any atom is -0.493 e. The Morgan fingerprint density at radius 3 is 2.94 bits per heavy atom. The Morgan fingerprint density at radius 1 is 1.38 bits per heavy atom. The minimum atomic E-state index is 0.177. The molecule has 0 fully saturated rings. The van der Waals surface area contributed by atoms with Crippen LogP contribution in [0.1, 0.15) is 37.4 Å². The Labute approximate surface area is 94.2 Å². The molecule has 0 aliphatic heterocycles. The molecule has 86 valence electrons. The number of aromatic hydroxyl groups is 1. The van der Waals surface area contributed by atoms with Crippen molar-refractivity contribution in [1.82, 2.24) is 19.6 Å². The summed E-state index contributed by atoms with van der Waals surface area (Å²) < 4.78 is 1.38. The number of aryl methyl sites for hydroxylation is 1. The summed E-state index contributed by atoms with van der Waals surface area (Å²) in [6.07, 6.45) is 5.63. The van der Waals surface area contributed by atoms with Gasteiger partial charge in [0.15, 0.2) is 0 Å². The number of nitrogens with zero attached hydrogens (tertiary/aromatic N) is 4. The first-order valence-corrected chi connectivity index (χ1v) is 5.62. The summed E-state index contributed by atoms with van der Waals surface area (Å²) in [5.41, 5.74) is 1.72. The van der Waals surface area contributed by atoms with Gasteiger partial charge in [0, 0.05) is 11.3 Å². The van der Waals surface area contributed by atoms with Gasteiger partial charge >= 0.3 is 0 Å². The first-order chi connectivity index (χ1) is 7.74. The zero-order chi connectivity index (χ0) is 11.5. The summed E-state index contributed by atoms with van der Waals surface area (Å²) >= 11 is 0. The van der Waals surface area contributed by atoms with Crippen molar-refractivity contribution in [3.63, 3.8) is 0 Å². The third-order valence-corrected chi connectivity index (χ3v) is 2.74. The van der Waals surface area contributed by atoms with E-state index in [9.17, 15) is 5.11 Å². The van der Waals surface area contributed by atoms with E-state index in [-0.39, 0.29) is 5.88 Å². The van der Waals surface area contributed by atoms with E-state index in [1.54, 1.807) is 0 Å². The molecular weight excluding hydrogens is 204 g/mol. The van der Waals surface area contributed by atoms with Gasteiger partial charge in [-0.15, -0.1) is 0 Å². The Bertz CT molecular complexity index is 492. The lowest BCUT2D eigenvalue weighted by molar-refractivity contribution is 0.425. The normalized spacial score (nSPS) is 11.1. The van der Waals surface area contributed by atoms with Crippen LogP contribution in [0.4, 0.5) is 0 Å². The average Bonchev–Trinajstić information content (AvgIpc) is 2.71. The van der Waals surface area contributed by atoms with Crippen LogP contribution in [-0.2, 0) is 6.42 Å². The zero-order valence-electron chi connectivity index (χ0n) is 9.64. The van der Waals surface area contributed by atoms with E-state index in [2.05, 4.69) is 22.0 Å². The highest BCUT2D eigenvalue weighted by Gasteiger charge is 2.12. The fourth-order valence-corrected chi connectivity index (χ4v) is 1.81. The molecule has 0 atom stereocenters. The molecule has 0 spiro atoms. The largest absolute Gasteiger partial charge is 0.493 e. The first kappa shape index (κ1) is 10.9. The molecule has 0 aliphatic carbocycles. The fourth-order valence-electron chi connectivity index (χ4n) is 1.81. The van der Waals surface area contributed by atoms with E-state index in [1.165, 1.54) is 17.3 Å². The molecule has 2 heterocycles. The van der Waals surface area contributed by atoms with Crippen LogP contribution in [0.25, 0.3) is 5.78 Å². The molecule has 0 radical (unpaired) electrons. The number of fused-ring (bicyclic) bond motifs is 1. The van der Waals surface area contributed by atoms with Crippen LogP contribution in [0.3, 0.4) is 0 Å². The van der Waals surface area contributed by atoms with Crippen LogP contribution >= 0.6 is 0 Å². The second-order valence-corrected chi connectivity index (χ2v) is 3.93. The van der Waals surface area contributed by atoms with Crippen LogP contribution < -0.4 is 0 Å². The smallest absolute Gasteiger partial charge is 0.255 e. The van der Waals surface area contributed by atoms with Crippen molar-refractivity contribution in [3.8, 4) is 5.88 Å². The van der Waals surface area contributed by atoms with Gasteiger partial charge in [0.2, 0.25) is 5.88 Å². The molecule has 0 aromatic carbocycles. The average molecular weight is 220 g/mol. The van der Waals surface area contributed by atoms with Crippen molar-refractivity contribution in [3.05, 3.63) is 17.6 Å². The van der Waals surface area contributed by atoms with Crippen LogP contribution in [0.5, 0.6) is 5.88 Å². The molecule has 2 aromatic heterocycles. The van der Waals surface area contributed by atoms with Gasteiger partial charge in [-0.25, -0.2) is 4.98 Å². The van der Waals surface area contributed by atoms with Crippen LogP contribution in [-0.4, -0.2) is 24.7 Å². The van der Waals surface area contributed by atoms with Gasteiger partial charge in [0.1, 0.15) is 6.33 Å². The molecule has 5 nitrogen and oxygen atoms in total. The van der Waals surface area contributed by atoms with Crippen molar-refractivity contribution >= 4 is 5.78 Å². The third-order valence-electron chi connectivity index (χ3n) is 2.74. The molecule has 5 heteroatoms. The quantitative estimate of drug-likeness (QED) is 0.799. The lowest BCUT2D eigenvalue weighted by Gasteiger charge is -2.08. The summed E-state index contributed by atoms with van der Waals surface area (Å²) in [6.45, 7) is 4.06. The minimum absolute atomic E-state index is 0.177. The van der Waals surface area contributed by atoms with E-state index in [4.69, 9.17) is 0 Å². The summed E-state index contributed by atoms with van der Waals surface area (Å²) in [7, 11) is 0. The summed E-state index contributed by atoms with van der Waals surface area (Å²) in [5.74, 6) is 0.630. The maximum atomic E-state index is 10.0. The lowest BCUT2D eigenvalue weighted by Crippen LogP contribution is -2.01. The zero-order valence-corrected chi connectivity index (χ0v) is 9.64. The number of aromatic nitrogens is 4. The molecule has 0 bridgehead atoms. The maximum absolute atomic E-state index is 10.0.